The second-order valence-electron chi connectivity index (χ2n) is 5.85. The first kappa shape index (κ1) is 17.4. The molecular weight excluding hydrogens is 455 g/mol. The summed E-state index contributed by atoms with van der Waals surface area (Å²) in [6.45, 7) is 0. The van der Waals surface area contributed by atoms with E-state index in [4.69, 9.17) is 4.74 Å². The van der Waals surface area contributed by atoms with E-state index in [0.717, 1.165) is 26.2 Å². The fourth-order valence-corrected chi connectivity index (χ4v) is 3.54. The number of non-ortho nitro benzene ring substituents is 1. The Labute approximate surface area is 169 Å². The van der Waals surface area contributed by atoms with E-state index < -0.39 is 4.92 Å². The maximum atomic E-state index is 10.9. The number of aliphatic imine (C=N–C) groups is 1. The Balaban J connectivity index is 1.82. The molecule has 1 aliphatic rings. The third-order valence-electron chi connectivity index (χ3n) is 4.12. The van der Waals surface area contributed by atoms with E-state index in [9.17, 15) is 10.1 Å². The molecule has 4 rings (SSSR count). The number of rotatable bonds is 3. The minimum Gasteiger partial charge on any atom is -0.437 e. The lowest BCUT2D eigenvalue weighted by Gasteiger charge is -2.21. The quantitative estimate of drug-likeness (QED) is 0.271. The average molecular weight is 468 g/mol. The molecule has 1 heterocycles. The molecule has 0 aliphatic carbocycles. The lowest BCUT2D eigenvalue weighted by molar-refractivity contribution is -0.384. The maximum Gasteiger partial charge on any atom is 0.269 e. The zero-order valence-electron chi connectivity index (χ0n) is 14.0. The van der Waals surface area contributed by atoms with Crippen LogP contribution in [0.3, 0.4) is 0 Å². The number of para-hydroxylation sites is 1. The van der Waals surface area contributed by atoms with Crippen LogP contribution >= 0.6 is 22.6 Å². The van der Waals surface area contributed by atoms with Crippen LogP contribution in [0.5, 0.6) is 0 Å². The highest BCUT2D eigenvalue weighted by Crippen LogP contribution is 2.40. The Bertz CT molecular complexity index is 1070. The molecule has 132 valence electrons. The summed E-state index contributed by atoms with van der Waals surface area (Å²) in [6.07, 6.45) is 0. The van der Waals surface area contributed by atoms with Crippen molar-refractivity contribution in [3.05, 3.63) is 106 Å². The highest BCUT2D eigenvalue weighted by atomic mass is 127. The SMILES string of the molecule is O=[N+]([O-])c1ccc(C2=Nc3ccccc3/C(=C(/I)c3ccccc3)O2)cc1. The van der Waals surface area contributed by atoms with Crippen molar-refractivity contribution in [3.8, 4) is 0 Å². The topological polar surface area (TPSA) is 64.7 Å². The van der Waals surface area contributed by atoms with Crippen LogP contribution in [0.15, 0.2) is 83.9 Å². The lowest BCUT2D eigenvalue weighted by atomic mass is 10.1. The van der Waals surface area contributed by atoms with Gasteiger partial charge >= 0.3 is 0 Å². The minimum atomic E-state index is -0.424. The molecule has 3 aromatic carbocycles. The summed E-state index contributed by atoms with van der Waals surface area (Å²) in [7, 11) is 0. The molecule has 27 heavy (non-hydrogen) atoms. The zero-order valence-corrected chi connectivity index (χ0v) is 16.2. The molecule has 0 unspecified atom stereocenters. The van der Waals surface area contributed by atoms with Gasteiger partial charge in [0, 0.05) is 23.3 Å². The first-order chi connectivity index (χ1) is 13.1. The Morgan fingerprint density at radius 1 is 0.926 bits per heavy atom. The van der Waals surface area contributed by atoms with Crippen molar-refractivity contribution < 1.29 is 9.66 Å². The van der Waals surface area contributed by atoms with Gasteiger partial charge in [0.2, 0.25) is 5.90 Å². The number of nitrogens with zero attached hydrogens (tertiary/aromatic N) is 2. The molecule has 0 aromatic heterocycles. The van der Waals surface area contributed by atoms with E-state index in [0.29, 0.717) is 11.5 Å². The van der Waals surface area contributed by atoms with Crippen LogP contribution in [0, 0.1) is 10.1 Å². The Morgan fingerprint density at radius 3 is 2.30 bits per heavy atom. The molecule has 0 saturated heterocycles. The molecule has 1 aliphatic heterocycles. The average Bonchev–Trinajstić information content (AvgIpc) is 2.73. The van der Waals surface area contributed by atoms with Crippen molar-refractivity contribution in [1.82, 2.24) is 0 Å². The normalized spacial score (nSPS) is 14.6. The Kier molecular flexibility index (Phi) is 4.72. The predicted octanol–water partition coefficient (Wildman–Crippen LogP) is 5.96. The summed E-state index contributed by atoms with van der Waals surface area (Å²) < 4.78 is 7.14. The summed E-state index contributed by atoms with van der Waals surface area (Å²) in [5, 5.41) is 10.9. The number of hydrogen-bond donors (Lipinski definition) is 0. The standard InChI is InChI=1S/C21H13IN2O3/c22-19(14-6-2-1-3-7-14)20-17-8-4-5-9-18(17)23-21(27-20)15-10-12-16(13-11-15)24(25)26/h1-13H/b20-19-. The highest BCUT2D eigenvalue weighted by molar-refractivity contribution is 14.1. The number of ether oxygens (including phenoxy) is 1. The van der Waals surface area contributed by atoms with Crippen LogP contribution in [0.25, 0.3) is 9.34 Å². The largest absolute Gasteiger partial charge is 0.437 e. The van der Waals surface area contributed by atoms with E-state index in [-0.39, 0.29) is 5.69 Å². The summed E-state index contributed by atoms with van der Waals surface area (Å²) in [5.74, 6) is 1.14. The van der Waals surface area contributed by atoms with Gasteiger partial charge in [0.15, 0.2) is 5.76 Å². The fourth-order valence-electron chi connectivity index (χ4n) is 2.77. The minimum absolute atomic E-state index is 0.0326. The number of fused-ring (bicyclic) bond motifs is 1. The van der Waals surface area contributed by atoms with E-state index in [1.54, 1.807) is 12.1 Å². The van der Waals surface area contributed by atoms with Crippen LogP contribution in [-0.2, 0) is 4.74 Å². The van der Waals surface area contributed by atoms with Gasteiger partial charge in [-0.3, -0.25) is 10.1 Å². The molecule has 3 aromatic rings. The molecule has 0 fully saturated rings. The van der Waals surface area contributed by atoms with Gasteiger partial charge in [0.1, 0.15) is 0 Å². The zero-order chi connectivity index (χ0) is 18.8. The van der Waals surface area contributed by atoms with Crippen molar-refractivity contribution in [1.29, 1.82) is 0 Å². The molecule has 0 spiro atoms. The number of nitro groups is 1. The van der Waals surface area contributed by atoms with Gasteiger partial charge in [-0.25, -0.2) is 4.99 Å². The van der Waals surface area contributed by atoms with Gasteiger partial charge in [0.25, 0.3) is 5.69 Å². The second kappa shape index (κ2) is 7.32. The van der Waals surface area contributed by atoms with Gasteiger partial charge in [-0.15, -0.1) is 0 Å². The van der Waals surface area contributed by atoms with Gasteiger partial charge in [-0.1, -0.05) is 42.5 Å². The van der Waals surface area contributed by atoms with E-state index >= 15 is 0 Å². The highest BCUT2D eigenvalue weighted by Gasteiger charge is 2.23. The van der Waals surface area contributed by atoms with Crippen molar-refractivity contribution in [3.63, 3.8) is 0 Å². The lowest BCUT2D eigenvalue weighted by Crippen LogP contribution is -2.11. The molecule has 0 saturated carbocycles. The summed E-state index contributed by atoms with van der Waals surface area (Å²) in [4.78, 5) is 15.1. The number of halogens is 1. The van der Waals surface area contributed by atoms with Crippen LogP contribution in [0.4, 0.5) is 11.4 Å². The number of benzene rings is 3. The van der Waals surface area contributed by atoms with Crippen LogP contribution in [0.2, 0.25) is 0 Å². The first-order valence-corrected chi connectivity index (χ1v) is 9.27. The summed E-state index contributed by atoms with van der Waals surface area (Å²) >= 11 is 2.28. The molecule has 0 amide bonds. The summed E-state index contributed by atoms with van der Waals surface area (Å²) in [6, 6.07) is 24.0. The van der Waals surface area contributed by atoms with Gasteiger partial charge in [-0.05, 0) is 52.4 Å². The monoisotopic (exact) mass is 468 g/mol. The molecular formula is C21H13IN2O3. The second-order valence-corrected chi connectivity index (χ2v) is 6.93. The predicted molar refractivity (Wildman–Crippen MR) is 114 cm³/mol. The van der Waals surface area contributed by atoms with Crippen molar-refractivity contribution in [2.24, 2.45) is 4.99 Å². The smallest absolute Gasteiger partial charge is 0.269 e. The molecule has 6 heteroatoms. The van der Waals surface area contributed by atoms with Crippen LogP contribution in [0.1, 0.15) is 16.7 Å². The fraction of sp³-hybridized carbons (Fsp3) is 0. The molecule has 5 nitrogen and oxygen atoms in total. The van der Waals surface area contributed by atoms with Crippen LogP contribution < -0.4 is 0 Å². The van der Waals surface area contributed by atoms with Crippen molar-refractivity contribution >= 4 is 49.2 Å². The van der Waals surface area contributed by atoms with Gasteiger partial charge < -0.3 is 4.74 Å². The first-order valence-electron chi connectivity index (χ1n) is 8.19. The van der Waals surface area contributed by atoms with Crippen LogP contribution in [-0.4, -0.2) is 10.8 Å². The maximum absolute atomic E-state index is 10.9. The van der Waals surface area contributed by atoms with Crippen molar-refractivity contribution in [2.75, 3.05) is 0 Å². The molecule has 0 radical (unpaired) electrons. The van der Waals surface area contributed by atoms with Gasteiger partial charge in [-0.2, -0.15) is 0 Å². The molecule has 0 bridgehead atoms. The number of hydrogen-bond acceptors (Lipinski definition) is 4. The van der Waals surface area contributed by atoms with Gasteiger partial charge in [0.05, 0.1) is 14.2 Å². The summed E-state index contributed by atoms with van der Waals surface area (Å²) in [5.41, 5.74) is 3.48. The third kappa shape index (κ3) is 3.48. The third-order valence-corrected chi connectivity index (χ3v) is 5.23. The van der Waals surface area contributed by atoms with Crippen molar-refractivity contribution in [2.45, 2.75) is 0 Å². The molecule has 0 N–H and O–H groups in total. The van der Waals surface area contributed by atoms with E-state index in [1.165, 1.54) is 12.1 Å². The van der Waals surface area contributed by atoms with E-state index in [1.807, 2.05) is 54.6 Å². The molecule has 0 atom stereocenters. The number of nitro benzene ring substituents is 1. The van der Waals surface area contributed by atoms with E-state index in [2.05, 4.69) is 27.6 Å². The Morgan fingerprint density at radius 2 is 1.59 bits per heavy atom. The Hall–Kier alpha value is -3.00.